The number of hydrogen-bond donors (Lipinski definition) is 1. The number of nitrogens with zero attached hydrogens (tertiary/aromatic N) is 4. The molecule has 41 heavy (non-hydrogen) atoms. The lowest BCUT2D eigenvalue weighted by molar-refractivity contribution is -0.114. The first-order valence-corrected chi connectivity index (χ1v) is 14.0. The van der Waals surface area contributed by atoms with Gasteiger partial charge in [-0.15, -0.1) is 0 Å². The van der Waals surface area contributed by atoms with E-state index in [4.69, 9.17) is 10.7 Å². The molecule has 3 aromatic heterocycles. The van der Waals surface area contributed by atoms with Crippen molar-refractivity contribution in [1.29, 1.82) is 0 Å². The second-order valence-electron chi connectivity index (χ2n) is 10.7. The van der Waals surface area contributed by atoms with Gasteiger partial charge in [0.25, 0.3) is 11.7 Å². The fourth-order valence-corrected chi connectivity index (χ4v) is 5.81. The molecule has 0 radical (unpaired) electrons. The number of amides is 1. The molecule has 1 aliphatic heterocycles. The van der Waals surface area contributed by atoms with E-state index in [0.717, 1.165) is 66.3 Å². The fourth-order valence-electron chi connectivity index (χ4n) is 5.81. The first kappa shape index (κ1) is 26.3. The highest BCUT2D eigenvalue weighted by molar-refractivity contribution is 6.43. The van der Waals surface area contributed by atoms with E-state index in [9.17, 15) is 9.59 Å². The van der Waals surface area contributed by atoms with E-state index in [1.807, 2.05) is 36.4 Å². The third-order valence-electron chi connectivity index (χ3n) is 7.76. The number of hydrogen-bond acceptors (Lipinski definition) is 5. The number of carbonyl (C=O) groups is 2. The Labute approximate surface area is 239 Å². The summed E-state index contributed by atoms with van der Waals surface area (Å²) in [7, 11) is 0. The Morgan fingerprint density at radius 3 is 2.29 bits per heavy atom. The van der Waals surface area contributed by atoms with E-state index in [0.29, 0.717) is 5.56 Å². The summed E-state index contributed by atoms with van der Waals surface area (Å²) in [6.45, 7) is 8.03. The van der Waals surface area contributed by atoms with Gasteiger partial charge in [0.1, 0.15) is 11.5 Å². The molecule has 0 spiro atoms. The molecule has 0 bridgehead atoms. The Morgan fingerprint density at radius 1 is 0.756 bits per heavy atom. The molecule has 0 atom stereocenters. The van der Waals surface area contributed by atoms with Crippen molar-refractivity contribution in [3.63, 3.8) is 0 Å². The predicted molar refractivity (Wildman–Crippen MR) is 165 cm³/mol. The number of nitrogens with two attached hydrogens (primary N) is 1. The monoisotopic (exact) mass is 543 g/mol. The lowest BCUT2D eigenvalue weighted by atomic mass is 9.98. The third kappa shape index (κ3) is 5.31. The van der Waals surface area contributed by atoms with Gasteiger partial charge < -0.3 is 19.9 Å². The van der Waals surface area contributed by atoms with Crippen LogP contribution < -0.4 is 15.5 Å². The first-order valence-electron chi connectivity index (χ1n) is 14.0. The summed E-state index contributed by atoms with van der Waals surface area (Å²) in [5.41, 5.74) is 13.7. The van der Waals surface area contributed by atoms with Crippen LogP contribution in [0.15, 0.2) is 91.1 Å². The number of anilines is 2. The molecule has 206 valence electrons. The van der Waals surface area contributed by atoms with Gasteiger partial charge in [0, 0.05) is 54.8 Å². The van der Waals surface area contributed by atoms with Crippen LogP contribution in [0.25, 0.3) is 27.8 Å². The van der Waals surface area contributed by atoms with Gasteiger partial charge in [0.05, 0.1) is 0 Å². The van der Waals surface area contributed by atoms with Crippen LogP contribution in [0, 0.1) is 13.8 Å². The molecule has 1 fully saturated rings. The number of rotatable bonds is 6. The second kappa shape index (κ2) is 10.9. The zero-order chi connectivity index (χ0) is 28.5. The van der Waals surface area contributed by atoms with Crippen molar-refractivity contribution in [2.24, 2.45) is 5.73 Å². The molecule has 2 N–H and O–H groups in total. The largest absolute Gasteiger partial charge is 0.370 e. The maximum atomic E-state index is 12.8. The second-order valence-corrected chi connectivity index (χ2v) is 10.7. The average Bonchev–Trinajstić information content (AvgIpc) is 3.18. The van der Waals surface area contributed by atoms with Crippen LogP contribution in [-0.2, 0) is 4.79 Å². The van der Waals surface area contributed by atoms with Gasteiger partial charge in [-0.25, -0.2) is 4.98 Å². The highest BCUT2D eigenvalue weighted by atomic mass is 16.2. The number of Topliss-reactive ketones (excluding diaryl/α,β-unsaturated/α-hetero) is 1. The van der Waals surface area contributed by atoms with Crippen LogP contribution in [0.3, 0.4) is 0 Å². The average molecular weight is 544 g/mol. The minimum atomic E-state index is -0.969. The SMILES string of the molecule is Cc1cc(C)nc(N2CCCN(c3ccc(-c4cccc(-c5cc6ccccn6c5C(=O)C(N)=O)c4)cc3)CC2)c1. The highest BCUT2D eigenvalue weighted by Gasteiger charge is 2.23. The van der Waals surface area contributed by atoms with Crippen molar-refractivity contribution in [2.75, 3.05) is 36.0 Å². The molecule has 5 aromatic rings. The molecule has 2 aromatic carbocycles. The van der Waals surface area contributed by atoms with Gasteiger partial charge in [-0.1, -0.05) is 36.4 Å². The van der Waals surface area contributed by atoms with Gasteiger partial charge in [0.2, 0.25) is 0 Å². The lowest BCUT2D eigenvalue weighted by Crippen LogP contribution is -2.31. The van der Waals surface area contributed by atoms with Gasteiger partial charge in [-0.3, -0.25) is 9.59 Å². The summed E-state index contributed by atoms with van der Waals surface area (Å²) < 4.78 is 1.72. The smallest absolute Gasteiger partial charge is 0.291 e. The minimum Gasteiger partial charge on any atom is -0.370 e. The topological polar surface area (TPSA) is 83.9 Å². The number of benzene rings is 2. The van der Waals surface area contributed by atoms with Crippen LogP contribution in [0.2, 0.25) is 0 Å². The number of aryl methyl sites for hydroxylation is 2. The molecule has 0 saturated carbocycles. The Balaban J connectivity index is 1.24. The van der Waals surface area contributed by atoms with Gasteiger partial charge in [0.15, 0.2) is 0 Å². The van der Waals surface area contributed by atoms with Gasteiger partial charge >= 0.3 is 0 Å². The minimum absolute atomic E-state index is 0.284. The van der Waals surface area contributed by atoms with Crippen LogP contribution in [-0.4, -0.2) is 47.3 Å². The fraction of sp³-hybridized carbons (Fsp3) is 0.206. The van der Waals surface area contributed by atoms with Gasteiger partial charge in [-0.2, -0.15) is 0 Å². The van der Waals surface area contributed by atoms with E-state index < -0.39 is 11.7 Å². The zero-order valence-electron chi connectivity index (χ0n) is 23.4. The Kier molecular flexibility index (Phi) is 7.01. The van der Waals surface area contributed by atoms with Crippen LogP contribution in [0.4, 0.5) is 11.5 Å². The number of carbonyl (C=O) groups excluding carboxylic acids is 2. The standard InChI is InChI=1S/C34H33N5O2/c1-23-19-24(2)36-31(20-23)38-15-6-14-37(17-18-38)28-12-10-25(11-13-28)26-7-5-8-27(21-26)30-22-29-9-3-4-16-39(29)32(30)33(40)34(35)41/h3-5,7-13,16,19-22H,6,14-15,17-18H2,1-2H3,(H2,35,41). The summed E-state index contributed by atoms with van der Waals surface area (Å²) in [6, 6.07) is 28.6. The number of aromatic nitrogens is 2. The zero-order valence-corrected chi connectivity index (χ0v) is 23.4. The van der Waals surface area contributed by atoms with E-state index in [2.05, 4.69) is 72.2 Å². The van der Waals surface area contributed by atoms with Crippen LogP contribution in [0.1, 0.15) is 28.2 Å². The van der Waals surface area contributed by atoms with Crippen molar-refractivity contribution >= 4 is 28.7 Å². The molecular formula is C34H33N5O2. The number of primary amides is 1. The molecule has 7 heteroatoms. The van der Waals surface area contributed by atoms with Crippen molar-refractivity contribution in [3.8, 4) is 22.3 Å². The Hall–Kier alpha value is -4.91. The molecule has 4 heterocycles. The van der Waals surface area contributed by atoms with Crippen molar-refractivity contribution < 1.29 is 9.59 Å². The van der Waals surface area contributed by atoms with Crippen LogP contribution in [0.5, 0.6) is 0 Å². The molecular weight excluding hydrogens is 510 g/mol. The Morgan fingerprint density at radius 2 is 1.51 bits per heavy atom. The van der Waals surface area contributed by atoms with Crippen molar-refractivity contribution in [1.82, 2.24) is 9.38 Å². The van der Waals surface area contributed by atoms with Crippen molar-refractivity contribution in [2.45, 2.75) is 20.3 Å². The quantitative estimate of drug-likeness (QED) is 0.220. The summed E-state index contributed by atoms with van der Waals surface area (Å²) in [5, 5.41) is 0. The molecule has 0 aliphatic carbocycles. The van der Waals surface area contributed by atoms with E-state index >= 15 is 0 Å². The summed E-state index contributed by atoms with van der Waals surface area (Å²) in [5.74, 6) is -0.606. The molecule has 1 amide bonds. The summed E-state index contributed by atoms with van der Waals surface area (Å²) in [4.78, 5) is 34.3. The maximum Gasteiger partial charge on any atom is 0.291 e. The van der Waals surface area contributed by atoms with E-state index in [1.165, 1.54) is 11.3 Å². The predicted octanol–water partition coefficient (Wildman–Crippen LogP) is 5.67. The molecule has 1 aliphatic rings. The van der Waals surface area contributed by atoms with E-state index in [-0.39, 0.29) is 5.69 Å². The van der Waals surface area contributed by atoms with Gasteiger partial charge in [-0.05, 0) is 91.1 Å². The molecule has 0 unspecified atom stereocenters. The number of ketones is 1. The molecule has 6 rings (SSSR count). The normalized spacial score (nSPS) is 13.8. The summed E-state index contributed by atoms with van der Waals surface area (Å²) >= 11 is 0. The summed E-state index contributed by atoms with van der Waals surface area (Å²) in [6.07, 6.45) is 2.84. The Bertz CT molecular complexity index is 1740. The number of pyridine rings is 2. The van der Waals surface area contributed by atoms with Crippen molar-refractivity contribution in [3.05, 3.63) is 108 Å². The maximum absolute atomic E-state index is 12.8. The highest BCUT2D eigenvalue weighted by Crippen LogP contribution is 2.32. The molecule has 7 nitrogen and oxygen atoms in total. The first-order chi connectivity index (χ1) is 19.9. The van der Waals surface area contributed by atoms with E-state index in [1.54, 1.807) is 10.6 Å². The third-order valence-corrected chi connectivity index (χ3v) is 7.76. The lowest BCUT2D eigenvalue weighted by Gasteiger charge is -2.25. The molecule has 1 saturated heterocycles. The van der Waals surface area contributed by atoms with Crippen LogP contribution >= 0.6 is 0 Å². The number of fused-ring (bicyclic) bond motifs is 1.